The SMILES string of the molecule is CN1O[C@@](C)(c2cccnc2)C[C@H]1c1ccccc1.CN1O[C@](C)(c2cccnc2)C[C@@H]1c1ccccc1. The Morgan fingerprint density at radius 3 is 1.34 bits per heavy atom. The van der Waals surface area contributed by atoms with Crippen LogP contribution in [0.4, 0.5) is 0 Å². The highest BCUT2D eigenvalue weighted by Crippen LogP contribution is 2.45. The van der Waals surface area contributed by atoms with Gasteiger partial charge in [-0.15, -0.1) is 0 Å². The van der Waals surface area contributed by atoms with Gasteiger partial charge in [0.05, 0.1) is 12.1 Å². The predicted molar refractivity (Wildman–Crippen MR) is 148 cm³/mol. The maximum Gasteiger partial charge on any atom is 0.115 e. The highest BCUT2D eigenvalue weighted by molar-refractivity contribution is 5.26. The molecule has 0 aliphatic carbocycles. The average Bonchev–Trinajstić information content (AvgIpc) is 3.46. The van der Waals surface area contributed by atoms with Gasteiger partial charge >= 0.3 is 0 Å². The first-order valence-electron chi connectivity index (χ1n) is 13.1. The molecule has 2 fully saturated rings. The van der Waals surface area contributed by atoms with E-state index < -0.39 is 0 Å². The largest absolute Gasteiger partial charge is 0.287 e. The van der Waals surface area contributed by atoms with E-state index in [0.717, 1.165) is 24.0 Å². The highest BCUT2D eigenvalue weighted by Gasteiger charge is 2.43. The number of hydrogen-bond donors (Lipinski definition) is 0. The molecule has 4 heterocycles. The summed E-state index contributed by atoms with van der Waals surface area (Å²) < 4.78 is 0. The van der Waals surface area contributed by atoms with Crippen molar-refractivity contribution in [2.75, 3.05) is 14.1 Å². The van der Waals surface area contributed by atoms with Crippen molar-refractivity contribution in [3.05, 3.63) is 132 Å². The fourth-order valence-electron chi connectivity index (χ4n) is 5.53. The van der Waals surface area contributed by atoms with Crippen LogP contribution >= 0.6 is 0 Å². The lowest BCUT2D eigenvalue weighted by molar-refractivity contribution is -0.188. The molecule has 0 radical (unpaired) electrons. The minimum Gasteiger partial charge on any atom is -0.287 e. The van der Waals surface area contributed by atoms with Gasteiger partial charge in [-0.3, -0.25) is 19.6 Å². The molecular formula is C32H36N4O2. The van der Waals surface area contributed by atoms with Crippen molar-refractivity contribution in [1.82, 2.24) is 20.1 Å². The number of benzene rings is 2. The number of hydroxylamine groups is 4. The molecule has 6 heteroatoms. The number of hydrogen-bond acceptors (Lipinski definition) is 6. The normalized spacial score (nSPS) is 27.6. The third kappa shape index (κ3) is 5.54. The predicted octanol–water partition coefficient (Wildman–Crippen LogP) is 6.61. The molecule has 6 nitrogen and oxygen atoms in total. The number of aromatic nitrogens is 2. The summed E-state index contributed by atoms with van der Waals surface area (Å²) in [4.78, 5) is 20.6. The van der Waals surface area contributed by atoms with Gasteiger partial charge in [0.25, 0.3) is 0 Å². The maximum absolute atomic E-state index is 6.10. The van der Waals surface area contributed by atoms with Crippen LogP contribution in [0.25, 0.3) is 0 Å². The third-order valence-electron chi connectivity index (χ3n) is 7.65. The van der Waals surface area contributed by atoms with E-state index in [2.05, 4.69) is 84.5 Å². The maximum atomic E-state index is 6.10. The molecule has 196 valence electrons. The van der Waals surface area contributed by atoms with Crippen LogP contribution in [0.5, 0.6) is 0 Å². The Balaban J connectivity index is 0.000000155. The van der Waals surface area contributed by atoms with Crippen molar-refractivity contribution in [3.63, 3.8) is 0 Å². The fourth-order valence-corrected chi connectivity index (χ4v) is 5.53. The Hall–Kier alpha value is -3.42. The molecule has 2 aliphatic heterocycles. The van der Waals surface area contributed by atoms with Crippen molar-refractivity contribution in [3.8, 4) is 0 Å². The van der Waals surface area contributed by atoms with E-state index in [4.69, 9.17) is 9.68 Å². The molecule has 4 aromatic rings. The first-order chi connectivity index (χ1) is 18.4. The zero-order valence-electron chi connectivity index (χ0n) is 22.6. The molecule has 0 saturated carbocycles. The zero-order chi connectivity index (χ0) is 26.6. The molecule has 6 rings (SSSR count). The number of rotatable bonds is 4. The fraction of sp³-hybridized carbons (Fsp3) is 0.312. The van der Waals surface area contributed by atoms with Crippen LogP contribution in [0, 0.1) is 0 Å². The lowest BCUT2D eigenvalue weighted by atomic mass is 9.89. The highest BCUT2D eigenvalue weighted by atomic mass is 16.7. The smallest absolute Gasteiger partial charge is 0.115 e. The van der Waals surface area contributed by atoms with Crippen LogP contribution in [0.15, 0.2) is 110 Å². The van der Waals surface area contributed by atoms with Crippen molar-refractivity contribution < 1.29 is 9.68 Å². The summed E-state index contributed by atoms with van der Waals surface area (Å²) in [5.74, 6) is 0. The summed E-state index contributed by atoms with van der Waals surface area (Å²) in [6, 6.07) is 29.6. The second kappa shape index (κ2) is 11.1. The Morgan fingerprint density at radius 2 is 1.00 bits per heavy atom. The Labute approximate surface area is 225 Å². The minimum atomic E-state index is -0.302. The van der Waals surface area contributed by atoms with Gasteiger partial charge in [-0.2, -0.15) is 10.1 Å². The van der Waals surface area contributed by atoms with Crippen LogP contribution in [0.2, 0.25) is 0 Å². The Bertz CT molecular complexity index is 1190. The summed E-state index contributed by atoms with van der Waals surface area (Å²) in [7, 11) is 4.00. The van der Waals surface area contributed by atoms with Crippen molar-refractivity contribution in [1.29, 1.82) is 0 Å². The summed E-state index contributed by atoms with van der Waals surface area (Å²) in [5.41, 5.74) is 4.23. The average molecular weight is 509 g/mol. The van der Waals surface area contributed by atoms with Gasteiger partial charge in [-0.25, -0.2) is 0 Å². The lowest BCUT2D eigenvalue weighted by Crippen LogP contribution is -2.23. The topological polar surface area (TPSA) is 50.7 Å². The van der Waals surface area contributed by atoms with E-state index in [1.807, 2.05) is 60.9 Å². The van der Waals surface area contributed by atoms with Gasteiger partial charge in [-0.1, -0.05) is 72.8 Å². The van der Waals surface area contributed by atoms with Gasteiger partial charge in [0.1, 0.15) is 11.2 Å². The van der Waals surface area contributed by atoms with E-state index in [9.17, 15) is 0 Å². The molecule has 38 heavy (non-hydrogen) atoms. The van der Waals surface area contributed by atoms with E-state index in [1.54, 1.807) is 12.4 Å². The second-order valence-corrected chi connectivity index (χ2v) is 10.5. The van der Waals surface area contributed by atoms with Crippen LogP contribution in [-0.2, 0) is 20.9 Å². The Morgan fingerprint density at radius 1 is 0.605 bits per heavy atom. The molecule has 0 unspecified atom stereocenters. The molecular weight excluding hydrogens is 472 g/mol. The van der Waals surface area contributed by atoms with Gasteiger partial charge < -0.3 is 0 Å². The first kappa shape index (κ1) is 26.2. The van der Waals surface area contributed by atoms with Gasteiger partial charge in [0.15, 0.2) is 0 Å². The molecule has 4 atom stereocenters. The molecule has 0 bridgehead atoms. The van der Waals surface area contributed by atoms with Crippen LogP contribution in [0.3, 0.4) is 0 Å². The van der Waals surface area contributed by atoms with Gasteiger partial charge in [0, 0.05) is 62.9 Å². The summed E-state index contributed by atoms with van der Waals surface area (Å²) in [6.45, 7) is 4.26. The Kier molecular flexibility index (Phi) is 7.68. The molecule has 0 spiro atoms. The van der Waals surface area contributed by atoms with Crippen molar-refractivity contribution >= 4 is 0 Å². The summed E-state index contributed by atoms with van der Waals surface area (Å²) in [5, 5.41) is 3.92. The molecule has 2 aliphatic rings. The molecule has 0 amide bonds. The quantitative estimate of drug-likeness (QED) is 0.309. The second-order valence-electron chi connectivity index (χ2n) is 10.5. The number of nitrogens with zero attached hydrogens (tertiary/aromatic N) is 4. The van der Waals surface area contributed by atoms with Gasteiger partial charge in [0.2, 0.25) is 0 Å². The molecule has 0 N–H and O–H groups in total. The molecule has 2 aromatic heterocycles. The zero-order valence-corrected chi connectivity index (χ0v) is 22.6. The third-order valence-corrected chi connectivity index (χ3v) is 7.65. The van der Waals surface area contributed by atoms with E-state index in [0.29, 0.717) is 0 Å². The van der Waals surface area contributed by atoms with Gasteiger partial charge in [-0.05, 0) is 37.1 Å². The standard InChI is InChI=1S/2C16H18N2O/c2*1-16(14-9-6-10-17-12-14)11-15(18(2)19-16)13-7-4-3-5-8-13/h2*3-10,12,15H,11H2,1-2H3/t2*15-,16+/m10/s1. The van der Waals surface area contributed by atoms with E-state index in [1.165, 1.54) is 11.1 Å². The van der Waals surface area contributed by atoms with Crippen LogP contribution < -0.4 is 0 Å². The summed E-state index contributed by atoms with van der Waals surface area (Å²) in [6.07, 6.45) is 9.22. The minimum absolute atomic E-state index is 0.284. The number of pyridine rings is 2. The summed E-state index contributed by atoms with van der Waals surface area (Å²) >= 11 is 0. The lowest BCUT2D eigenvalue weighted by Gasteiger charge is -2.23. The van der Waals surface area contributed by atoms with E-state index >= 15 is 0 Å². The first-order valence-corrected chi connectivity index (χ1v) is 13.1. The van der Waals surface area contributed by atoms with Crippen LogP contribution in [-0.4, -0.2) is 34.2 Å². The monoisotopic (exact) mass is 508 g/mol. The van der Waals surface area contributed by atoms with Crippen molar-refractivity contribution in [2.45, 2.75) is 50.0 Å². The molecule has 2 aromatic carbocycles. The molecule has 2 saturated heterocycles. The van der Waals surface area contributed by atoms with Crippen LogP contribution in [0.1, 0.15) is 61.0 Å². The van der Waals surface area contributed by atoms with Crippen molar-refractivity contribution in [2.24, 2.45) is 0 Å². The van der Waals surface area contributed by atoms with E-state index in [-0.39, 0.29) is 23.3 Å².